The van der Waals surface area contributed by atoms with E-state index in [1.165, 1.54) is 55.3 Å². The van der Waals surface area contributed by atoms with Crippen LogP contribution < -0.4 is 10.7 Å². The average molecular weight is 521 g/mol. The second-order valence-electron chi connectivity index (χ2n) is 8.20. The first-order valence-electron chi connectivity index (χ1n) is 11.5. The molecule has 0 fully saturated rings. The Balaban J connectivity index is 0.000000252. The van der Waals surface area contributed by atoms with Gasteiger partial charge in [-0.05, 0) is 0 Å². The van der Waals surface area contributed by atoms with Crippen molar-refractivity contribution in [1.29, 1.82) is 0 Å². The summed E-state index contributed by atoms with van der Waals surface area (Å²) >= 11 is -1.98. The van der Waals surface area contributed by atoms with Crippen molar-refractivity contribution in [3.05, 3.63) is 91.0 Å². The molecule has 0 aliphatic carbocycles. The van der Waals surface area contributed by atoms with E-state index in [4.69, 9.17) is 0 Å². The molecular formula is C28H38SiSn. The van der Waals surface area contributed by atoms with Gasteiger partial charge in [-0.25, -0.2) is 0 Å². The van der Waals surface area contributed by atoms with Crippen LogP contribution in [0.3, 0.4) is 0 Å². The monoisotopic (exact) mass is 522 g/mol. The predicted molar refractivity (Wildman–Crippen MR) is 140 cm³/mol. The van der Waals surface area contributed by atoms with Crippen molar-refractivity contribution in [1.82, 2.24) is 0 Å². The summed E-state index contributed by atoms with van der Waals surface area (Å²) in [6.07, 6.45) is 8.72. The van der Waals surface area contributed by atoms with Crippen molar-refractivity contribution >= 4 is 39.3 Å². The molecule has 0 spiro atoms. The molecule has 3 aromatic rings. The van der Waals surface area contributed by atoms with E-state index in [0.717, 1.165) is 0 Å². The second-order valence-corrected chi connectivity index (χ2v) is 18.2. The van der Waals surface area contributed by atoms with Gasteiger partial charge < -0.3 is 0 Å². The molecule has 0 heterocycles. The molecule has 2 radical (unpaired) electrons. The number of benzene rings is 3. The fourth-order valence-electron chi connectivity index (χ4n) is 3.57. The topological polar surface area (TPSA) is 0 Å². The van der Waals surface area contributed by atoms with Gasteiger partial charge >= 0.3 is 121 Å². The van der Waals surface area contributed by atoms with E-state index in [9.17, 15) is 0 Å². The van der Waals surface area contributed by atoms with Crippen LogP contribution in [0.15, 0.2) is 91.0 Å². The summed E-state index contributed by atoms with van der Waals surface area (Å²) in [5.74, 6) is 0. The fourth-order valence-corrected chi connectivity index (χ4v) is 11.9. The van der Waals surface area contributed by atoms with Gasteiger partial charge in [-0.15, -0.1) is 0 Å². The molecule has 0 aliphatic heterocycles. The summed E-state index contributed by atoms with van der Waals surface area (Å²) in [4.78, 5) is 0. The molecule has 158 valence electrons. The van der Waals surface area contributed by atoms with Gasteiger partial charge in [0.05, 0.1) is 0 Å². The first-order chi connectivity index (χ1) is 14.7. The average Bonchev–Trinajstić information content (AvgIpc) is 2.79. The summed E-state index contributed by atoms with van der Waals surface area (Å²) in [6, 6.07) is 34.5. The Bertz CT molecular complexity index is 678. The van der Waals surface area contributed by atoms with Crippen LogP contribution in [0.1, 0.15) is 45.4 Å². The Morgan fingerprint density at radius 2 is 0.900 bits per heavy atom. The van der Waals surface area contributed by atoms with Crippen molar-refractivity contribution in [3.8, 4) is 0 Å². The summed E-state index contributed by atoms with van der Waals surface area (Å²) < 4.78 is 4.59. The molecule has 0 aromatic heterocycles. The van der Waals surface area contributed by atoms with Crippen LogP contribution in [0.5, 0.6) is 0 Å². The van der Waals surface area contributed by atoms with E-state index < -0.39 is 19.8 Å². The molecule has 0 saturated heterocycles. The molecule has 0 amide bonds. The van der Waals surface area contributed by atoms with Crippen molar-refractivity contribution in [2.75, 3.05) is 0 Å². The summed E-state index contributed by atoms with van der Waals surface area (Å²) in [5.41, 5.74) is 0. The van der Waals surface area contributed by atoms with Crippen LogP contribution in [0.25, 0.3) is 0 Å². The Hall–Kier alpha value is -1.32. The molecule has 3 rings (SSSR count). The van der Waals surface area contributed by atoms with Crippen LogP contribution in [0, 0.1) is 0 Å². The zero-order valence-electron chi connectivity index (χ0n) is 19.1. The third-order valence-corrected chi connectivity index (χ3v) is 14.4. The first-order valence-corrected chi connectivity index (χ1v) is 18.5. The van der Waals surface area contributed by atoms with E-state index in [1.807, 2.05) is 0 Å². The Morgan fingerprint density at radius 1 is 0.533 bits per heavy atom. The van der Waals surface area contributed by atoms with Crippen molar-refractivity contribution in [2.24, 2.45) is 0 Å². The van der Waals surface area contributed by atoms with Crippen molar-refractivity contribution in [2.45, 2.75) is 64.6 Å². The molecule has 30 heavy (non-hydrogen) atoms. The number of hydrogen-bond acceptors (Lipinski definition) is 0. The molecule has 2 heteroatoms. The van der Waals surface area contributed by atoms with Crippen molar-refractivity contribution in [3.63, 3.8) is 0 Å². The van der Waals surface area contributed by atoms with Gasteiger partial charge in [0.1, 0.15) is 0 Å². The Kier molecular flexibility index (Phi) is 12.9. The van der Waals surface area contributed by atoms with Gasteiger partial charge in [0.25, 0.3) is 0 Å². The summed E-state index contributed by atoms with van der Waals surface area (Å²) in [7, 11) is 0.0728. The first kappa shape index (κ1) is 24.9. The minimum atomic E-state index is -1.98. The van der Waals surface area contributed by atoms with Gasteiger partial charge in [-0.1, -0.05) is 64.6 Å². The molecule has 0 nitrogen and oxygen atoms in total. The van der Waals surface area contributed by atoms with Crippen LogP contribution in [0.4, 0.5) is 0 Å². The minimum absolute atomic E-state index is 0.0728. The van der Waals surface area contributed by atoms with Crippen LogP contribution in [-0.2, 0) is 0 Å². The zero-order chi connectivity index (χ0) is 21.4. The van der Waals surface area contributed by atoms with E-state index in [0.29, 0.717) is 0 Å². The van der Waals surface area contributed by atoms with E-state index in [1.54, 1.807) is 0 Å². The molecule has 0 atom stereocenters. The Morgan fingerprint density at radius 3 is 1.27 bits per heavy atom. The summed E-state index contributed by atoms with van der Waals surface area (Å²) in [5, 5.41) is 0. The molecule has 0 saturated carbocycles. The second kappa shape index (κ2) is 15.5. The predicted octanol–water partition coefficient (Wildman–Crippen LogP) is 6.30. The normalized spacial score (nSPS) is 10.7. The quantitative estimate of drug-likeness (QED) is 0.217. The third kappa shape index (κ3) is 9.66. The number of unbranched alkanes of at least 4 members (excludes halogenated alkanes) is 5. The van der Waals surface area contributed by atoms with Gasteiger partial charge in [-0.3, -0.25) is 0 Å². The molecule has 0 unspecified atom stereocenters. The molecular weight excluding hydrogens is 483 g/mol. The maximum absolute atomic E-state index is 2.41. The standard InChI is InChI=1S/C10H23Si.3C6H5.Sn/c1-4-5-6-7-8-9-10-11(2)3;3*1-2-4-6-5-3-1;/h4-10H2,1-3H3;3*1-5H;. The molecule has 0 N–H and O–H groups in total. The van der Waals surface area contributed by atoms with Crippen LogP contribution in [0.2, 0.25) is 19.1 Å². The molecule has 0 bridgehead atoms. The van der Waals surface area contributed by atoms with E-state index in [-0.39, 0.29) is 8.80 Å². The van der Waals surface area contributed by atoms with Gasteiger partial charge in [0, 0.05) is 8.80 Å². The Labute approximate surface area is 194 Å². The zero-order valence-corrected chi connectivity index (χ0v) is 23.0. The van der Waals surface area contributed by atoms with Gasteiger partial charge in [-0.2, -0.15) is 0 Å². The summed E-state index contributed by atoms with van der Waals surface area (Å²) in [6.45, 7) is 7.10. The molecule has 3 aromatic carbocycles. The van der Waals surface area contributed by atoms with Crippen LogP contribution in [-0.4, -0.2) is 28.6 Å². The van der Waals surface area contributed by atoms with E-state index in [2.05, 4.69) is 111 Å². The van der Waals surface area contributed by atoms with Crippen LogP contribution >= 0.6 is 0 Å². The fraction of sp³-hybridized carbons (Fsp3) is 0.357. The number of rotatable bonds is 10. The van der Waals surface area contributed by atoms with Crippen molar-refractivity contribution < 1.29 is 0 Å². The number of hydrogen-bond donors (Lipinski definition) is 0. The van der Waals surface area contributed by atoms with Gasteiger partial charge in [0.15, 0.2) is 0 Å². The van der Waals surface area contributed by atoms with Gasteiger partial charge in [0.2, 0.25) is 0 Å². The SMILES string of the molecule is CCCCCCCC[Si](C)C.c1cc[c]([Sn]([c]2ccccc2)[c]2ccccc2)cc1. The maximum atomic E-state index is 2.41. The van der Waals surface area contributed by atoms with E-state index >= 15 is 0 Å². The molecule has 0 aliphatic rings. The third-order valence-electron chi connectivity index (χ3n) is 5.22.